The molecule has 2 aromatic heterocycles. The fourth-order valence-electron chi connectivity index (χ4n) is 3.89. The Morgan fingerprint density at radius 1 is 1.46 bits per heavy atom. The summed E-state index contributed by atoms with van der Waals surface area (Å²) in [6.07, 6.45) is -3.50. The van der Waals surface area contributed by atoms with Crippen molar-refractivity contribution in [2.24, 2.45) is 5.92 Å². The summed E-state index contributed by atoms with van der Waals surface area (Å²) in [5, 5.41) is 9.67. The quantitative estimate of drug-likeness (QED) is 0.892. The molecule has 1 N–H and O–H groups in total. The van der Waals surface area contributed by atoms with Crippen LogP contribution >= 0.6 is 0 Å². The third kappa shape index (κ3) is 2.82. The van der Waals surface area contributed by atoms with E-state index in [4.69, 9.17) is 9.26 Å². The molecule has 1 fully saturated rings. The van der Waals surface area contributed by atoms with Crippen molar-refractivity contribution in [1.29, 1.82) is 0 Å². The second-order valence-electron chi connectivity index (χ2n) is 6.67. The average molecular weight is 370 g/mol. The van der Waals surface area contributed by atoms with Crippen LogP contribution in [-0.2, 0) is 23.8 Å². The van der Waals surface area contributed by atoms with Crippen LogP contribution in [-0.4, -0.2) is 46.4 Å². The molecule has 0 saturated carbocycles. The second kappa shape index (κ2) is 6.03. The lowest BCUT2D eigenvalue weighted by molar-refractivity contribution is -0.141. The molecular formula is C16H17F3N4O3. The number of carbonyl (C=O) groups is 1. The SMILES string of the molecule is COc1cc(CCC(=O)N2C[C@H]3Cc4c(C(F)(F)F)n[nH]c4[C@H]3C2)on1. The topological polar surface area (TPSA) is 84.2 Å². The molecule has 0 unspecified atom stereocenters. The van der Waals surface area contributed by atoms with E-state index in [2.05, 4.69) is 15.4 Å². The zero-order chi connectivity index (χ0) is 18.5. The number of methoxy groups -OCH3 is 1. The maximum absolute atomic E-state index is 13.0. The maximum atomic E-state index is 13.0. The van der Waals surface area contributed by atoms with E-state index in [9.17, 15) is 18.0 Å². The summed E-state index contributed by atoms with van der Waals surface area (Å²) in [4.78, 5) is 14.1. The number of aromatic nitrogens is 3. The number of aryl methyl sites for hydroxylation is 1. The van der Waals surface area contributed by atoms with Crippen molar-refractivity contribution in [2.45, 2.75) is 31.4 Å². The summed E-state index contributed by atoms with van der Waals surface area (Å²) >= 11 is 0. The molecule has 1 saturated heterocycles. The van der Waals surface area contributed by atoms with Gasteiger partial charge in [-0.05, 0) is 17.5 Å². The van der Waals surface area contributed by atoms with Crippen LogP contribution in [0.3, 0.4) is 0 Å². The molecule has 10 heteroatoms. The van der Waals surface area contributed by atoms with Crippen molar-refractivity contribution < 1.29 is 27.2 Å². The Kier molecular flexibility index (Phi) is 3.92. The van der Waals surface area contributed by atoms with Crippen LogP contribution in [0, 0.1) is 5.92 Å². The van der Waals surface area contributed by atoms with Gasteiger partial charge in [-0.3, -0.25) is 9.89 Å². The number of amides is 1. The first-order chi connectivity index (χ1) is 12.4. The number of halogens is 3. The summed E-state index contributed by atoms with van der Waals surface area (Å²) in [6.45, 7) is 0.874. The number of nitrogens with zero attached hydrogens (tertiary/aromatic N) is 3. The van der Waals surface area contributed by atoms with Crippen LogP contribution in [0.4, 0.5) is 13.2 Å². The first-order valence-electron chi connectivity index (χ1n) is 8.28. The number of ether oxygens (including phenoxy) is 1. The van der Waals surface area contributed by atoms with Crippen molar-refractivity contribution in [1.82, 2.24) is 20.3 Å². The molecule has 2 atom stereocenters. The Bertz CT molecular complexity index is 829. The Labute approximate surface area is 146 Å². The highest BCUT2D eigenvalue weighted by molar-refractivity contribution is 5.77. The average Bonchev–Trinajstić information content (AvgIpc) is 3.31. The molecule has 26 heavy (non-hydrogen) atoms. The van der Waals surface area contributed by atoms with E-state index in [1.54, 1.807) is 11.0 Å². The molecule has 1 amide bonds. The number of aromatic amines is 1. The molecule has 0 aromatic carbocycles. The second-order valence-corrected chi connectivity index (χ2v) is 6.67. The van der Waals surface area contributed by atoms with Gasteiger partial charge in [0, 0.05) is 49.2 Å². The van der Waals surface area contributed by atoms with E-state index in [1.165, 1.54) is 7.11 Å². The minimum absolute atomic E-state index is 0.00896. The van der Waals surface area contributed by atoms with E-state index in [1.807, 2.05) is 0 Å². The van der Waals surface area contributed by atoms with Crippen LogP contribution in [0.5, 0.6) is 5.88 Å². The van der Waals surface area contributed by atoms with Gasteiger partial charge in [0.2, 0.25) is 5.91 Å². The van der Waals surface area contributed by atoms with Crippen LogP contribution < -0.4 is 4.74 Å². The lowest BCUT2D eigenvalue weighted by atomic mass is 9.99. The lowest BCUT2D eigenvalue weighted by Gasteiger charge is -2.17. The van der Waals surface area contributed by atoms with Gasteiger partial charge in [-0.2, -0.15) is 18.3 Å². The number of H-pyrrole nitrogens is 1. The summed E-state index contributed by atoms with van der Waals surface area (Å²) in [7, 11) is 1.48. The molecule has 2 aromatic rings. The summed E-state index contributed by atoms with van der Waals surface area (Å²) in [6, 6.07) is 1.63. The smallest absolute Gasteiger partial charge is 0.435 e. The molecule has 0 radical (unpaired) electrons. The molecule has 1 aliphatic carbocycles. The van der Waals surface area contributed by atoms with Crippen molar-refractivity contribution in [2.75, 3.05) is 20.2 Å². The van der Waals surface area contributed by atoms with Gasteiger partial charge in [0.15, 0.2) is 5.69 Å². The van der Waals surface area contributed by atoms with Gasteiger partial charge in [-0.25, -0.2) is 0 Å². The number of rotatable bonds is 4. The molecule has 7 nitrogen and oxygen atoms in total. The highest BCUT2D eigenvalue weighted by atomic mass is 19.4. The lowest BCUT2D eigenvalue weighted by Crippen LogP contribution is -2.29. The number of alkyl halides is 3. The molecule has 3 heterocycles. The zero-order valence-electron chi connectivity index (χ0n) is 14.0. The van der Waals surface area contributed by atoms with Crippen molar-refractivity contribution >= 4 is 5.91 Å². The highest BCUT2D eigenvalue weighted by Crippen LogP contribution is 2.46. The molecule has 1 aliphatic heterocycles. The Morgan fingerprint density at radius 3 is 2.96 bits per heavy atom. The van der Waals surface area contributed by atoms with E-state index < -0.39 is 11.9 Å². The minimum atomic E-state index is -4.45. The van der Waals surface area contributed by atoms with Crippen LogP contribution in [0.25, 0.3) is 0 Å². The standard InChI is InChI=1S/C16H17F3N4O3/c1-25-12-5-9(26-22-12)2-3-13(24)23-6-8-4-10-14(11(8)7-23)20-21-15(10)16(17,18)19/h5,8,11H,2-4,6-7H2,1H3,(H,20,21)/t8-,11+/m1/s1. The van der Waals surface area contributed by atoms with Gasteiger partial charge in [0.1, 0.15) is 5.76 Å². The van der Waals surface area contributed by atoms with Crippen molar-refractivity contribution in [3.63, 3.8) is 0 Å². The zero-order valence-corrected chi connectivity index (χ0v) is 14.0. The largest absolute Gasteiger partial charge is 0.479 e. The van der Waals surface area contributed by atoms with Crippen LogP contribution in [0.2, 0.25) is 0 Å². The molecule has 140 valence electrons. The fraction of sp³-hybridized carbons (Fsp3) is 0.562. The summed E-state index contributed by atoms with van der Waals surface area (Å²) < 4.78 is 48.9. The number of carbonyl (C=O) groups excluding carboxylic acids is 1. The van der Waals surface area contributed by atoms with Gasteiger partial charge < -0.3 is 14.2 Å². The van der Waals surface area contributed by atoms with Crippen molar-refractivity contribution in [3.8, 4) is 5.88 Å². The van der Waals surface area contributed by atoms with Gasteiger partial charge in [-0.15, -0.1) is 0 Å². The van der Waals surface area contributed by atoms with Gasteiger partial charge in [-0.1, -0.05) is 0 Å². The molecule has 0 bridgehead atoms. The number of fused-ring (bicyclic) bond motifs is 3. The molecule has 2 aliphatic rings. The number of hydrogen-bond acceptors (Lipinski definition) is 5. The Hall–Kier alpha value is -2.52. The van der Waals surface area contributed by atoms with Crippen LogP contribution in [0.15, 0.2) is 10.6 Å². The summed E-state index contributed by atoms with van der Waals surface area (Å²) in [5.41, 5.74) is -0.0370. The van der Waals surface area contributed by atoms with E-state index >= 15 is 0 Å². The molecular weight excluding hydrogens is 353 g/mol. The van der Waals surface area contributed by atoms with Crippen molar-refractivity contribution in [3.05, 3.63) is 28.8 Å². The number of nitrogens with one attached hydrogen (secondary N) is 1. The van der Waals surface area contributed by atoms with Gasteiger partial charge in [0.25, 0.3) is 5.88 Å². The maximum Gasteiger partial charge on any atom is 0.435 e. The molecule has 4 rings (SSSR count). The first-order valence-corrected chi connectivity index (χ1v) is 8.28. The van der Waals surface area contributed by atoms with Crippen LogP contribution in [0.1, 0.15) is 35.1 Å². The number of hydrogen-bond donors (Lipinski definition) is 1. The summed E-state index contributed by atoms with van der Waals surface area (Å²) in [5.74, 6) is 0.764. The third-order valence-electron chi connectivity index (χ3n) is 5.13. The van der Waals surface area contributed by atoms with Gasteiger partial charge >= 0.3 is 6.18 Å². The van der Waals surface area contributed by atoms with Gasteiger partial charge in [0.05, 0.1) is 7.11 Å². The highest BCUT2D eigenvalue weighted by Gasteiger charge is 2.48. The predicted octanol–water partition coefficient (Wildman–Crippen LogP) is 2.16. The van der Waals surface area contributed by atoms with E-state index in [-0.39, 0.29) is 29.7 Å². The Morgan fingerprint density at radius 2 is 2.27 bits per heavy atom. The van der Waals surface area contributed by atoms with E-state index in [0.29, 0.717) is 43.3 Å². The Balaban J connectivity index is 1.39. The third-order valence-corrected chi connectivity index (χ3v) is 5.13. The number of likely N-dealkylation sites (tertiary alicyclic amines) is 1. The molecule has 0 spiro atoms. The first kappa shape index (κ1) is 16.9. The van der Waals surface area contributed by atoms with E-state index in [0.717, 1.165) is 0 Å². The fourth-order valence-corrected chi connectivity index (χ4v) is 3.89. The minimum Gasteiger partial charge on any atom is -0.479 e. The normalized spacial score (nSPS) is 21.8. The monoisotopic (exact) mass is 370 g/mol. The predicted molar refractivity (Wildman–Crippen MR) is 81.5 cm³/mol.